The lowest BCUT2D eigenvalue weighted by molar-refractivity contribution is -0.135. The molecule has 0 N–H and O–H groups in total. The summed E-state index contributed by atoms with van der Waals surface area (Å²) in [5.41, 5.74) is 0.982. The van der Waals surface area contributed by atoms with Crippen LogP contribution in [0, 0.1) is 6.92 Å². The predicted molar refractivity (Wildman–Crippen MR) is 84.5 cm³/mol. The van der Waals surface area contributed by atoms with Gasteiger partial charge >= 0.3 is 6.09 Å². The van der Waals surface area contributed by atoms with Crippen molar-refractivity contribution < 1.29 is 23.9 Å². The van der Waals surface area contributed by atoms with E-state index in [0.717, 1.165) is 5.56 Å². The van der Waals surface area contributed by atoms with E-state index in [0.29, 0.717) is 31.7 Å². The van der Waals surface area contributed by atoms with Crippen LogP contribution in [0.15, 0.2) is 24.3 Å². The Balaban J connectivity index is 1.49. The standard InChI is InChI=1S/C17H20N2O5/c1-12-4-2-3-5-14(12)23-10-15(20)18-8-6-13(7-9-18)19-16(21)11-24-17(19)22/h2-5,13H,6-11H2,1H3. The number of hydrogen-bond donors (Lipinski definition) is 0. The largest absolute Gasteiger partial charge is 0.484 e. The van der Waals surface area contributed by atoms with Gasteiger partial charge < -0.3 is 14.4 Å². The molecule has 128 valence electrons. The topological polar surface area (TPSA) is 76.2 Å². The van der Waals surface area contributed by atoms with E-state index in [1.807, 2.05) is 31.2 Å². The summed E-state index contributed by atoms with van der Waals surface area (Å²) in [6.45, 7) is 2.73. The average molecular weight is 332 g/mol. The van der Waals surface area contributed by atoms with Crippen molar-refractivity contribution in [3.63, 3.8) is 0 Å². The molecule has 2 heterocycles. The van der Waals surface area contributed by atoms with E-state index in [1.165, 1.54) is 4.90 Å². The molecule has 0 radical (unpaired) electrons. The number of imide groups is 1. The zero-order valence-electron chi connectivity index (χ0n) is 13.6. The van der Waals surface area contributed by atoms with E-state index < -0.39 is 6.09 Å². The van der Waals surface area contributed by atoms with Crippen LogP contribution in [0.2, 0.25) is 0 Å². The third kappa shape index (κ3) is 3.34. The normalized spacial score (nSPS) is 18.7. The van der Waals surface area contributed by atoms with Crippen LogP contribution in [0.1, 0.15) is 18.4 Å². The SMILES string of the molecule is Cc1ccccc1OCC(=O)N1CCC(N2C(=O)COC2=O)CC1. The summed E-state index contributed by atoms with van der Waals surface area (Å²) in [7, 11) is 0. The number of amides is 3. The molecule has 0 saturated carbocycles. The number of likely N-dealkylation sites (tertiary alicyclic amines) is 1. The molecule has 0 aromatic heterocycles. The first-order chi connectivity index (χ1) is 11.6. The molecular weight excluding hydrogens is 312 g/mol. The Morgan fingerprint density at radius 3 is 2.58 bits per heavy atom. The monoisotopic (exact) mass is 332 g/mol. The zero-order valence-corrected chi connectivity index (χ0v) is 13.6. The second-order valence-corrected chi connectivity index (χ2v) is 5.98. The van der Waals surface area contributed by atoms with Crippen LogP contribution < -0.4 is 4.74 Å². The van der Waals surface area contributed by atoms with Crippen molar-refractivity contribution >= 4 is 17.9 Å². The minimum atomic E-state index is -0.576. The summed E-state index contributed by atoms with van der Waals surface area (Å²) >= 11 is 0. The Hall–Kier alpha value is -2.57. The molecule has 0 atom stereocenters. The van der Waals surface area contributed by atoms with Crippen LogP contribution in [0.3, 0.4) is 0 Å². The fourth-order valence-corrected chi connectivity index (χ4v) is 3.04. The number of para-hydroxylation sites is 1. The van der Waals surface area contributed by atoms with E-state index in [9.17, 15) is 14.4 Å². The van der Waals surface area contributed by atoms with Gasteiger partial charge in [0, 0.05) is 19.1 Å². The Bertz CT molecular complexity index is 636. The van der Waals surface area contributed by atoms with Gasteiger partial charge in [0.25, 0.3) is 11.8 Å². The molecule has 1 aromatic rings. The van der Waals surface area contributed by atoms with Crippen LogP contribution >= 0.6 is 0 Å². The van der Waals surface area contributed by atoms with E-state index in [4.69, 9.17) is 9.47 Å². The molecule has 2 aliphatic heterocycles. The second kappa shape index (κ2) is 6.90. The third-order valence-corrected chi connectivity index (χ3v) is 4.41. The molecule has 2 fully saturated rings. The highest BCUT2D eigenvalue weighted by atomic mass is 16.6. The van der Waals surface area contributed by atoms with Gasteiger partial charge in [-0.15, -0.1) is 0 Å². The number of cyclic esters (lactones) is 1. The lowest BCUT2D eigenvalue weighted by Gasteiger charge is -2.34. The summed E-state index contributed by atoms with van der Waals surface area (Å²) in [5, 5.41) is 0. The van der Waals surface area contributed by atoms with Gasteiger partial charge in [-0.3, -0.25) is 9.59 Å². The summed E-state index contributed by atoms with van der Waals surface area (Å²) in [5.74, 6) is 0.311. The van der Waals surface area contributed by atoms with Gasteiger partial charge in [0.1, 0.15) is 5.75 Å². The van der Waals surface area contributed by atoms with Gasteiger partial charge in [0.2, 0.25) is 0 Å². The number of ether oxygens (including phenoxy) is 2. The fourth-order valence-electron chi connectivity index (χ4n) is 3.04. The number of rotatable bonds is 4. The van der Waals surface area contributed by atoms with Crippen molar-refractivity contribution in [2.45, 2.75) is 25.8 Å². The Morgan fingerprint density at radius 1 is 1.25 bits per heavy atom. The highest BCUT2D eigenvalue weighted by Crippen LogP contribution is 2.21. The number of hydrogen-bond acceptors (Lipinski definition) is 5. The van der Waals surface area contributed by atoms with Gasteiger partial charge in [-0.25, -0.2) is 9.69 Å². The zero-order chi connectivity index (χ0) is 17.1. The number of carbonyl (C=O) groups is 3. The van der Waals surface area contributed by atoms with E-state index >= 15 is 0 Å². The quantitative estimate of drug-likeness (QED) is 0.832. The van der Waals surface area contributed by atoms with Crippen molar-refractivity contribution in [3.8, 4) is 5.75 Å². The molecule has 0 spiro atoms. The van der Waals surface area contributed by atoms with Crippen LogP contribution in [0.25, 0.3) is 0 Å². The smallest absolute Gasteiger partial charge is 0.417 e. The number of benzene rings is 1. The van der Waals surface area contributed by atoms with Crippen molar-refractivity contribution in [1.29, 1.82) is 0 Å². The molecule has 0 unspecified atom stereocenters. The van der Waals surface area contributed by atoms with Gasteiger partial charge in [-0.2, -0.15) is 0 Å². The van der Waals surface area contributed by atoms with Gasteiger partial charge in [0.05, 0.1) is 0 Å². The van der Waals surface area contributed by atoms with Crippen LogP contribution in [0.4, 0.5) is 4.79 Å². The van der Waals surface area contributed by atoms with Crippen LogP contribution in [-0.4, -0.2) is 60.1 Å². The van der Waals surface area contributed by atoms with Gasteiger partial charge in [-0.1, -0.05) is 18.2 Å². The molecule has 3 amide bonds. The third-order valence-electron chi connectivity index (χ3n) is 4.41. The molecule has 0 bridgehead atoms. The van der Waals surface area contributed by atoms with Gasteiger partial charge in [-0.05, 0) is 31.4 Å². The first kappa shape index (κ1) is 16.3. The molecule has 7 nitrogen and oxygen atoms in total. The molecular formula is C17H20N2O5. The lowest BCUT2D eigenvalue weighted by Crippen LogP contribution is -2.49. The van der Waals surface area contributed by atoms with Gasteiger partial charge in [0.15, 0.2) is 13.2 Å². The lowest BCUT2D eigenvalue weighted by atomic mass is 10.0. The van der Waals surface area contributed by atoms with Crippen molar-refractivity contribution in [2.75, 3.05) is 26.3 Å². The first-order valence-corrected chi connectivity index (χ1v) is 8.01. The Morgan fingerprint density at radius 2 is 1.96 bits per heavy atom. The molecule has 0 aliphatic carbocycles. The molecule has 3 rings (SSSR count). The van der Waals surface area contributed by atoms with Crippen molar-refractivity contribution in [1.82, 2.24) is 9.80 Å². The summed E-state index contributed by atoms with van der Waals surface area (Å²) in [6.07, 6.45) is 0.557. The van der Waals surface area contributed by atoms with Crippen molar-refractivity contribution in [2.24, 2.45) is 0 Å². The molecule has 24 heavy (non-hydrogen) atoms. The van der Waals surface area contributed by atoms with Crippen LogP contribution in [-0.2, 0) is 14.3 Å². The molecule has 7 heteroatoms. The summed E-state index contributed by atoms with van der Waals surface area (Å²) < 4.78 is 10.3. The second-order valence-electron chi connectivity index (χ2n) is 5.98. The average Bonchev–Trinajstić information content (AvgIpc) is 2.93. The number of aryl methyl sites for hydroxylation is 1. The van der Waals surface area contributed by atoms with E-state index in [1.54, 1.807) is 4.90 Å². The number of piperidine rings is 1. The molecule has 2 saturated heterocycles. The predicted octanol–water partition coefficient (Wildman–Crippen LogP) is 1.34. The Kier molecular flexibility index (Phi) is 4.69. The minimum Gasteiger partial charge on any atom is -0.484 e. The van der Waals surface area contributed by atoms with Crippen LogP contribution in [0.5, 0.6) is 5.75 Å². The Labute approximate surface area is 140 Å². The maximum Gasteiger partial charge on any atom is 0.417 e. The molecule has 1 aromatic carbocycles. The highest BCUT2D eigenvalue weighted by Gasteiger charge is 2.38. The fraction of sp³-hybridized carbons (Fsp3) is 0.471. The number of carbonyl (C=O) groups excluding carboxylic acids is 3. The maximum absolute atomic E-state index is 12.3. The summed E-state index contributed by atoms with van der Waals surface area (Å²) in [6, 6.07) is 7.36. The summed E-state index contributed by atoms with van der Waals surface area (Å²) in [4.78, 5) is 38.4. The minimum absolute atomic E-state index is 0.0137. The van der Waals surface area contributed by atoms with E-state index in [-0.39, 0.29) is 31.1 Å². The number of nitrogens with zero attached hydrogens (tertiary/aromatic N) is 2. The molecule has 2 aliphatic rings. The maximum atomic E-state index is 12.3. The highest BCUT2D eigenvalue weighted by molar-refractivity contribution is 5.98. The van der Waals surface area contributed by atoms with E-state index in [2.05, 4.69) is 0 Å². The van der Waals surface area contributed by atoms with Crippen molar-refractivity contribution in [3.05, 3.63) is 29.8 Å². The first-order valence-electron chi connectivity index (χ1n) is 8.01.